The number of halogens is 4. The Balaban J connectivity index is 0.000000383. The van der Waals surface area contributed by atoms with Gasteiger partial charge in [0.25, 0.3) is 0 Å². The first-order valence-corrected chi connectivity index (χ1v) is 10.5. The van der Waals surface area contributed by atoms with Crippen molar-refractivity contribution in [1.82, 2.24) is 14.6 Å². The zero-order valence-corrected chi connectivity index (χ0v) is 19.4. The lowest BCUT2D eigenvalue weighted by atomic mass is 10.0. The van der Waals surface area contributed by atoms with E-state index in [1.165, 1.54) is 36.0 Å². The fraction of sp³-hybridized carbons (Fsp3) is 0.200. The second kappa shape index (κ2) is 10.5. The van der Waals surface area contributed by atoms with Gasteiger partial charge in [0.1, 0.15) is 5.82 Å². The molecule has 188 valence electrons. The quantitative estimate of drug-likeness (QED) is 0.291. The summed E-state index contributed by atoms with van der Waals surface area (Å²) < 4.78 is 56.5. The number of benzene rings is 2. The second-order valence-corrected chi connectivity index (χ2v) is 7.75. The number of aromatic carboxylic acids is 1. The third kappa shape index (κ3) is 5.68. The van der Waals surface area contributed by atoms with Crippen LogP contribution in [-0.4, -0.2) is 38.8 Å². The third-order valence-corrected chi connectivity index (χ3v) is 5.23. The van der Waals surface area contributed by atoms with Gasteiger partial charge in [0, 0.05) is 6.20 Å². The number of aryl methyl sites for hydroxylation is 1. The molecule has 0 saturated heterocycles. The number of carboxylic acid groups (broad SMARTS) is 1. The van der Waals surface area contributed by atoms with Crippen LogP contribution < -0.4 is 0 Å². The molecule has 2 aromatic heterocycles. The van der Waals surface area contributed by atoms with E-state index in [9.17, 15) is 32.3 Å². The average molecular weight is 503 g/mol. The van der Waals surface area contributed by atoms with Gasteiger partial charge in [0.15, 0.2) is 11.3 Å². The molecule has 2 heterocycles. The van der Waals surface area contributed by atoms with Crippen molar-refractivity contribution in [2.24, 2.45) is 0 Å². The number of ether oxygens (including phenoxy) is 1. The Kier molecular flexibility index (Phi) is 7.71. The highest BCUT2D eigenvalue weighted by atomic mass is 19.4. The smallest absolute Gasteiger partial charge is 0.416 e. The number of carbonyl (C=O) groups is 2. The van der Waals surface area contributed by atoms with Gasteiger partial charge in [-0.1, -0.05) is 24.3 Å². The normalized spacial score (nSPS) is 12.0. The van der Waals surface area contributed by atoms with Crippen LogP contribution in [0, 0.1) is 12.7 Å². The predicted molar refractivity (Wildman–Crippen MR) is 122 cm³/mol. The molecule has 0 fully saturated rings. The first-order valence-electron chi connectivity index (χ1n) is 10.5. The first-order chi connectivity index (χ1) is 16.9. The van der Waals surface area contributed by atoms with Crippen molar-refractivity contribution >= 4 is 17.6 Å². The molecule has 0 aliphatic carbocycles. The highest BCUT2D eigenvalue weighted by Gasteiger charge is 2.31. The molecule has 0 aliphatic heterocycles. The fourth-order valence-electron chi connectivity index (χ4n) is 3.44. The lowest BCUT2D eigenvalue weighted by Gasteiger charge is -2.11. The summed E-state index contributed by atoms with van der Waals surface area (Å²) in [6.45, 7) is 3.42. The maximum atomic E-state index is 12.8. The summed E-state index contributed by atoms with van der Waals surface area (Å²) >= 11 is 0. The van der Waals surface area contributed by atoms with Crippen LogP contribution in [0.5, 0.6) is 0 Å². The minimum atomic E-state index is -4.52. The van der Waals surface area contributed by atoms with Crippen LogP contribution >= 0.6 is 0 Å². The van der Waals surface area contributed by atoms with Crippen molar-refractivity contribution in [2.75, 3.05) is 7.11 Å². The number of aromatic nitrogens is 3. The van der Waals surface area contributed by atoms with E-state index in [0.717, 1.165) is 29.8 Å². The van der Waals surface area contributed by atoms with E-state index in [0.29, 0.717) is 5.69 Å². The van der Waals surface area contributed by atoms with Crippen LogP contribution in [0.15, 0.2) is 60.8 Å². The zero-order valence-electron chi connectivity index (χ0n) is 19.4. The molecular formula is C25H21F4N3O4. The van der Waals surface area contributed by atoms with E-state index in [4.69, 9.17) is 4.74 Å². The number of hydrogen-bond donors (Lipinski definition) is 1. The molecule has 0 spiro atoms. The van der Waals surface area contributed by atoms with Crippen LogP contribution in [0.4, 0.5) is 17.6 Å². The van der Waals surface area contributed by atoms with Gasteiger partial charge in [-0.2, -0.15) is 18.3 Å². The van der Waals surface area contributed by atoms with Crippen molar-refractivity contribution in [3.8, 4) is 11.1 Å². The van der Waals surface area contributed by atoms with Crippen molar-refractivity contribution in [3.05, 3.63) is 89.1 Å². The van der Waals surface area contributed by atoms with E-state index >= 15 is 0 Å². The number of methoxy groups -OCH3 is 1. The van der Waals surface area contributed by atoms with E-state index in [-0.39, 0.29) is 22.6 Å². The van der Waals surface area contributed by atoms with E-state index in [1.807, 2.05) is 13.0 Å². The Morgan fingerprint density at radius 2 is 1.75 bits per heavy atom. The maximum Gasteiger partial charge on any atom is 0.416 e. The van der Waals surface area contributed by atoms with Gasteiger partial charge >= 0.3 is 18.1 Å². The monoisotopic (exact) mass is 503 g/mol. The van der Waals surface area contributed by atoms with Crippen LogP contribution in [0.25, 0.3) is 16.8 Å². The molecule has 2 aromatic carbocycles. The third-order valence-electron chi connectivity index (χ3n) is 5.23. The molecular weight excluding hydrogens is 482 g/mol. The number of alkyl halides is 3. The van der Waals surface area contributed by atoms with Gasteiger partial charge in [0.2, 0.25) is 0 Å². The Hall–Kier alpha value is -4.28. The number of rotatable bonds is 4. The van der Waals surface area contributed by atoms with E-state index < -0.39 is 35.3 Å². The minimum Gasteiger partial charge on any atom is -0.476 e. The van der Waals surface area contributed by atoms with Crippen molar-refractivity contribution < 1.29 is 37.0 Å². The lowest BCUT2D eigenvalue weighted by molar-refractivity contribution is -0.142. The van der Waals surface area contributed by atoms with Crippen LogP contribution in [-0.2, 0) is 15.7 Å². The fourth-order valence-corrected chi connectivity index (χ4v) is 3.44. The van der Waals surface area contributed by atoms with Gasteiger partial charge in [-0.25, -0.2) is 18.7 Å². The molecule has 0 saturated carbocycles. The van der Waals surface area contributed by atoms with E-state index in [1.54, 1.807) is 13.0 Å². The zero-order chi connectivity index (χ0) is 26.6. The molecule has 1 N–H and O–H groups in total. The molecule has 0 bridgehead atoms. The molecule has 7 nitrogen and oxygen atoms in total. The summed E-state index contributed by atoms with van der Waals surface area (Å²) in [5.41, 5.74) is 0.401. The molecule has 0 amide bonds. The largest absolute Gasteiger partial charge is 0.476 e. The molecule has 36 heavy (non-hydrogen) atoms. The van der Waals surface area contributed by atoms with Gasteiger partial charge in [-0.05, 0) is 55.3 Å². The Morgan fingerprint density at radius 3 is 2.25 bits per heavy atom. The molecule has 11 heteroatoms. The average Bonchev–Trinajstić information content (AvgIpc) is 3.23. The summed E-state index contributed by atoms with van der Waals surface area (Å²) in [6.07, 6.45) is -3.15. The summed E-state index contributed by atoms with van der Waals surface area (Å²) in [5.74, 6) is -2.87. The Labute approximate surface area is 203 Å². The van der Waals surface area contributed by atoms with Crippen molar-refractivity contribution in [1.29, 1.82) is 0 Å². The molecule has 0 radical (unpaired) electrons. The minimum absolute atomic E-state index is 0.0557. The second-order valence-electron chi connectivity index (χ2n) is 7.75. The summed E-state index contributed by atoms with van der Waals surface area (Å²) in [5, 5.41) is 13.5. The Morgan fingerprint density at radius 1 is 1.08 bits per heavy atom. The number of nitrogens with zero attached hydrogens (tertiary/aromatic N) is 3. The van der Waals surface area contributed by atoms with Gasteiger partial charge in [-0.15, -0.1) is 0 Å². The predicted octanol–water partition coefficient (Wildman–Crippen LogP) is 5.52. The lowest BCUT2D eigenvalue weighted by Crippen LogP contribution is -2.15. The number of fused-ring (bicyclic) bond motifs is 1. The number of carbonyl (C=O) groups excluding carboxylic acids is 1. The highest BCUT2D eigenvalue weighted by molar-refractivity contribution is 5.99. The maximum absolute atomic E-state index is 12.8. The molecule has 4 rings (SSSR count). The Bertz CT molecular complexity index is 1380. The standard InChI is InChI=1S/C18H14F3N3O4.C7H7F/c1-9(17(27)28-2)12-7-8-22-15-13(14(16(25)26)23-24(12)15)10-3-5-11(6-4-10)18(19,20)21;1-6-3-2-4-7(8)5-6/h3-9H,1-2H3,(H,25,26);2-5H,1H3. The summed E-state index contributed by atoms with van der Waals surface area (Å²) in [4.78, 5) is 27.7. The topological polar surface area (TPSA) is 93.8 Å². The first kappa shape index (κ1) is 26.3. The number of hydrogen-bond acceptors (Lipinski definition) is 5. The molecule has 1 atom stereocenters. The number of carboxylic acids is 1. The molecule has 1 unspecified atom stereocenters. The van der Waals surface area contributed by atoms with Crippen LogP contribution in [0.2, 0.25) is 0 Å². The van der Waals surface area contributed by atoms with Gasteiger partial charge in [0.05, 0.1) is 29.8 Å². The van der Waals surface area contributed by atoms with Crippen molar-refractivity contribution in [2.45, 2.75) is 25.9 Å². The highest BCUT2D eigenvalue weighted by Crippen LogP contribution is 2.34. The number of esters is 1. The molecule has 4 aromatic rings. The van der Waals surface area contributed by atoms with Gasteiger partial charge < -0.3 is 9.84 Å². The van der Waals surface area contributed by atoms with Crippen molar-refractivity contribution in [3.63, 3.8) is 0 Å². The summed E-state index contributed by atoms with van der Waals surface area (Å²) in [7, 11) is 1.22. The SMILES string of the molecule is COC(=O)C(C)c1ccnc2c(-c3ccc(C(F)(F)F)cc3)c(C(=O)O)nn12.Cc1cccc(F)c1. The van der Waals surface area contributed by atoms with Crippen LogP contribution in [0.1, 0.15) is 40.2 Å². The van der Waals surface area contributed by atoms with Crippen LogP contribution in [0.3, 0.4) is 0 Å². The summed E-state index contributed by atoms with van der Waals surface area (Å²) in [6, 6.07) is 12.0. The van der Waals surface area contributed by atoms with E-state index in [2.05, 4.69) is 10.1 Å². The molecule has 0 aliphatic rings. The van der Waals surface area contributed by atoms with Gasteiger partial charge in [-0.3, -0.25) is 4.79 Å².